The average molecular weight is 278 g/mol. The number of carboxylic acids is 1. The smallest absolute Gasteiger partial charge is 0.331 e. The summed E-state index contributed by atoms with van der Waals surface area (Å²) in [6.07, 6.45) is 4.32. The summed E-state index contributed by atoms with van der Waals surface area (Å²) in [5.74, 6) is -0.804. The summed E-state index contributed by atoms with van der Waals surface area (Å²) < 4.78 is 0. The van der Waals surface area contributed by atoms with Gasteiger partial charge in [-0.15, -0.1) is 0 Å². The predicted molar refractivity (Wildman–Crippen MR) is 85.2 cm³/mol. The number of hydrogen-bond acceptors (Lipinski definition) is 1. The number of rotatable bonds is 2. The van der Waals surface area contributed by atoms with Gasteiger partial charge in [0.25, 0.3) is 0 Å². The maximum absolute atomic E-state index is 11.3. The van der Waals surface area contributed by atoms with Gasteiger partial charge in [-0.25, -0.2) is 4.79 Å². The molecule has 2 nitrogen and oxygen atoms in total. The minimum Gasteiger partial charge on any atom is -0.478 e. The molecule has 0 unspecified atom stereocenters. The van der Waals surface area contributed by atoms with E-state index < -0.39 is 5.97 Å². The molecule has 0 heterocycles. The fourth-order valence-corrected chi connectivity index (χ4v) is 2.87. The van der Waals surface area contributed by atoms with Crippen molar-refractivity contribution in [3.05, 3.63) is 64.7 Å². The van der Waals surface area contributed by atoms with Crippen LogP contribution in [0.5, 0.6) is 0 Å². The minimum atomic E-state index is -0.804. The number of aryl methyl sites for hydroxylation is 2. The average Bonchev–Trinajstić information content (AvgIpc) is 2.70. The third-order valence-electron chi connectivity index (χ3n) is 4.04. The summed E-state index contributed by atoms with van der Waals surface area (Å²) in [5.41, 5.74) is 6.30. The van der Waals surface area contributed by atoms with Gasteiger partial charge in [-0.2, -0.15) is 0 Å². The molecule has 2 aromatic carbocycles. The molecule has 2 heteroatoms. The van der Waals surface area contributed by atoms with Crippen LogP contribution in [0, 0.1) is 6.92 Å². The molecule has 0 radical (unpaired) electrons. The van der Waals surface area contributed by atoms with Gasteiger partial charge in [0.15, 0.2) is 0 Å². The Hall–Kier alpha value is -2.35. The highest BCUT2D eigenvalue weighted by molar-refractivity contribution is 5.94. The largest absolute Gasteiger partial charge is 0.478 e. The van der Waals surface area contributed by atoms with Gasteiger partial charge in [-0.05, 0) is 54.5 Å². The van der Waals surface area contributed by atoms with E-state index in [2.05, 4.69) is 49.4 Å². The topological polar surface area (TPSA) is 37.3 Å². The van der Waals surface area contributed by atoms with Crippen LogP contribution in [0.25, 0.3) is 17.2 Å². The lowest BCUT2D eigenvalue weighted by atomic mass is 9.93. The highest BCUT2D eigenvalue weighted by atomic mass is 16.4. The first-order chi connectivity index (χ1) is 10.1. The molecule has 21 heavy (non-hydrogen) atoms. The van der Waals surface area contributed by atoms with E-state index in [0.29, 0.717) is 12.0 Å². The van der Waals surface area contributed by atoms with Gasteiger partial charge >= 0.3 is 5.97 Å². The van der Waals surface area contributed by atoms with Crippen LogP contribution in [0.2, 0.25) is 0 Å². The van der Waals surface area contributed by atoms with Crippen molar-refractivity contribution in [2.24, 2.45) is 0 Å². The molecule has 1 aliphatic rings. The van der Waals surface area contributed by atoms with E-state index in [1.54, 1.807) is 0 Å². The monoisotopic (exact) mass is 278 g/mol. The van der Waals surface area contributed by atoms with E-state index in [4.69, 9.17) is 0 Å². The Balaban J connectivity index is 2.17. The quantitative estimate of drug-likeness (QED) is 0.880. The van der Waals surface area contributed by atoms with E-state index >= 15 is 0 Å². The molecule has 0 spiro atoms. The summed E-state index contributed by atoms with van der Waals surface area (Å²) in [6.45, 7) is 2.07. The molecule has 1 N–H and O–H groups in total. The highest BCUT2D eigenvalue weighted by Gasteiger charge is 2.16. The van der Waals surface area contributed by atoms with Gasteiger partial charge in [0.1, 0.15) is 0 Å². The molecule has 0 bridgehead atoms. The third-order valence-corrected chi connectivity index (χ3v) is 4.04. The van der Waals surface area contributed by atoms with E-state index in [0.717, 1.165) is 29.5 Å². The zero-order valence-corrected chi connectivity index (χ0v) is 12.1. The zero-order chi connectivity index (χ0) is 14.8. The number of benzene rings is 2. The number of aliphatic carboxylic acids is 1. The van der Waals surface area contributed by atoms with E-state index in [1.165, 1.54) is 11.1 Å². The van der Waals surface area contributed by atoms with Crippen LogP contribution in [-0.2, 0) is 11.2 Å². The Morgan fingerprint density at radius 2 is 1.81 bits per heavy atom. The number of fused-ring (bicyclic) bond motifs is 1. The molecule has 0 aromatic heterocycles. The fraction of sp³-hybridized carbons (Fsp3) is 0.211. The van der Waals surface area contributed by atoms with Crippen LogP contribution in [0.3, 0.4) is 0 Å². The summed E-state index contributed by atoms with van der Waals surface area (Å²) in [7, 11) is 0. The molecule has 0 saturated carbocycles. The van der Waals surface area contributed by atoms with Crippen molar-refractivity contribution >= 4 is 12.0 Å². The summed E-state index contributed by atoms with van der Waals surface area (Å²) >= 11 is 0. The molecule has 106 valence electrons. The second-order valence-electron chi connectivity index (χ2n) is 5.57. The first kappa shape index (κ1) is 13.6. The summed E-state index contributed by atoms with van der Waals surface area (Å²) in [4.78, 5) is 11.3. The van der Waals surface area contributed by atoms with Gasteiger partial charge in [0, 0.05) is 5.57 Å². The Kier molecular flexibility index (Phi) is 3.61. The van der Waals surface area contributed by atoms with Crippen LogP contribution in [-0.4, -0.2) is 11.1 Å². The zero-order valence-electron chi connectivity index (χ0n) is 12.1. The molecular formula is C19H18O2. The molecule has 3 rings (SSSR count). The minimum absolute atomic E-state index is 0.508. The van der Waals surface area contributed by atoms with Gasteiger partial charge in [0.2, 0.25) is 0 Å². The third kappa shape index (κ3) is 2.75. The number of hydrogen-bond donors (Lipinski definition) is 1. The fourth-order valence-electron chi connectivity index (χ4n) is 2.87. The summed E-state index contributed by atoms with van der Waals surface area (Å²) in [5, 5.41) is 9.32. The lowest BCUT2D eigenvalue weighted by Crippen LogP contribution is -1.99. The lowest BCUT2D eigenvalue weighted by Gasteiger charge is -2.11. The van der Waals surface area contributed by atoms with Gasteiger partial charge < -0.3 is 5.11 Å². The van der Waals surface area contributed by atoms with E-state index in [1.807, 2.05) is 6.08 Å². The Morgan fingerprint density at radius 1 is 1.05 bits per heavy atom. The van der Waals surface area contributed by atoms with Crippen LogP contribution in [0.4, 0.5) is 0 Å². The standard InChI is InChI=1S/C19H18O2/c1-13-8-10-15(11-9-13)17-7-3-5-14-4-2-6-16(19(20)21)12-18(14)17/h3,5,7-12H,2,4,6H2,1H3,(H,20,21). The SMILES string of the molecule is Cc1ccc(-c2cccc3c2C=C(C(=O)O)CCC3)cc1. The highest BCUT2D eigenvalue weighted by Crippen LogP contribution is 2.32. The Morgan fingerprint density at radius 3 is 2.52 bits per heavy atom. The predicted octanol–water partition coefficient (Wildman–Crippen LogP) is 4.47. The molecule has 0 atom stereocenters. The molecule has 0 fully saturated rings. The normalized spacial score (nSPS) is 14.0. The molecule has 0 aliphatic heterocycles. The molecular weight excluding hydrogens is 260 g/mol. The molecule has 0 saturated heterocycles. The maximum Gasteiger partial charge on any atom is 0.331 e. The van der Waals surface area contributed by atoms with E-state index in [9.17, 15) is 9.90 Å². The van der Waals surface area contributed by atoms with Crippen molar-refractivity contribution in [3.63, 3.8) is 0 Å². The second-order valence-corrected chi connectivity index (χ2v) is 5.57. The molecule has 0 amide bonds. The van der Waals surface area contributed by atoms with Crippen LogP contribution < -0.4 is 0 Å². The van der Waals surface area contributed by atoms with Crippen molar-refractivity contribution < 1.29 is 9.90 Å². The lowest BCUT2D eigenvalue weighted by molar-refractivity contribution is -0.132. The van der Waals surface area contributed by atoms with Crippen molar-refractivity contribution in [3.8, 4) is 11.1 Å². The first-order valence-corrected chi connectivity index (χ1v) is 7.28. The van der Waals surface area contributed by atoms with Crippen molar-refractivity contribution in [1.29, 1.82) is 0 Å². The van der Waals surface area contributed by atoms with Crippen LogP contribution in [0.1, 0.15) is 29.5 Å². The van der Waals surface area contributed by atoms with Gasteiger partial charge in [-0.1, -0.05) is 48.0 Å². The number of carbonyl (C=O) groups is 1. The first-order valence-electron chi connectivity index (χ1n) is 7.28. The maximum atomic E-state index is 11.3. The van der Waals surface area contributed by atoms with Gasteiger partial charge in [0.05, 0.1) is 0 Å². The van der Waals surface area contributed by atoms with Crippen LogP contribution in [0.15, 0.2) is 48.0 Å². The Labute approximate surface area is 124 Å². The van der Waals surface area contributed by atoms with Crippen molar-refractivity contribution in [2.75, 3.05) is 0 Å². The summed E-state index contributed by atoms with van der Waals surface area (Å²) in [6, 6.07) is 14.6. The van der Waals surface area contributed by atoms with Crippen molar-refractivity contribution in [2.45, 2.75) is 26.2 Å². The molecule has 1 aliphatic carbocycles. The second kappa shape index (κ2) is 5.57. The van der Waals surface area contributed by atoms with Crippen molar-refractivity contribution in [1.82, 2.24) is 0 Å². The van der Waals surface area contributed by atoms with Gasteiger partial charge in [-0.3, -0.25) is 0 Å². The van der Waals surface area contributed by atoms with E-state index in [-0.39, 0.29) is 0 Å². The number of carboxylic acid groups (broad SMARTS) is 1. The van der Waals surface area contributed by atoms with Crippen LogP contribution >= 0.6 is 0 Å². The Bertz CT molecular complexity index is 709. The molecule has 2 aromatic rings.